The lowest BCUT2D eigenvalue weighted by atomic mass is 10.1. The van der Waals surface area contributed by atoms with Crippen molar-refractivity contribution in [1.29, 1.82) is 0 Å². The van der Waals surface area contributed by atoms with Gasteiger partial charge in [0.25, 0.3) is 5.91 Å². The van der Waals surface area contributed by atoms with E-state index in [0.29, 0.717) is 12.2 Å². The molecule has 1 heterocycles. The Labute approximate surface area is 113 Å². The van der Waals surface area contributed by atoms with Crippen LogP contribution in [0.1, 0.15) is 21.8 Å². The Balaban J connectivity index is 1.86. The summed E-state index contributed by atoms with van der Waals surface area (Å²) in [6, 6.07) is 9.56. The molecule has 0 aliphatic heterocycles. The number of rotatable bonds is 4. The fourth-order valence-corrected chi connectivity index (χ4v) is 2.05. The molecule has 0 aliphatic carbocycles. The number of hydrogen-bond acceptors (Lipinski definition) is 3. The SMILES string of the molecule is Cc1cc(C(=O)NCCc2ccccc2Br)on1. The number of nitrogens with one attached hydrogen (secondary N) is 1. The maximum atomic E-state index is 11.7. The quantitative estimate of drug-likeness (QED) is 0.945. The molecular formula is C13H13BrN2O2. The van der Waals surface area contributed by atoms with E-state index in [-0.39, 0.29) is 11.7 Å². The van der Waals surface area contributed by atoms with Crippen molar-refractivity contribution < 1.29 is 9.32 Å². The van der Waals surface area contributed by atoms with Crippen LogP contribution in [-0.2, 0) is 6.42 Å². The lowest BCUT2D eigenvalue weighted by molar-refractivity contribution is 0.0917. The van der Waals surface area contributed by atoms with Crippen LogP contribution in [0.5, 0.6) is 0 Å². The number of carbonyl (C=O) groups is 1. The summed E-state index contributed by atoms with van der Waals surface area (Å²) in [7, 11) is 0. The number of halogens is 1. The molecule has 94 valence electrons. The highest BCUT2D eigenvalue weighted by Gasteiger charge is 2.10. The van der Waals surface area contributed by atoms with Gasteiger partial charge in [0, 0.05) is 17.1 Å². The molecule has 0 spiro atoms. The van der Waals surface area contributed by atoms with Gasteiger partial charge in [0.2, 0.25) is 5.76 Å². The number of hydrogen-bond donors (Lipinski definition) is 1. The highest BCUT2D eigenvalue weighted by atomic mass is 79.9. The van der Waals surface area contributed by atoms with Gasteiger partial charge in [-0.3, -0.25) is 4.79 Å². The first-order chi connectivity index (χ1) is 8.66. The normalized spacial score (nSPS) is 10.3. The van der Waals surface area contributed by atoms with Crippen molar-refractivity contribution in [2.45, 2.75) is 13.3 Å². The van der Waals surface area contributed by atoms with Gasteiger partial charge in [-0.05, 0) is 25.0 Å². The Morgan fingerprint density at radius 3 is 2.89 bits per heavy atom. The zero-order chi connectivity index (χ0) is 13.0. The van der Waals surface area contributed by atoms with Crippen LogP contribution in [0.3, 0.4) is 0 Å². The van der Waals surface area contributed by atoms with E-state index in [1.54, 1.807) is 13.0 Å². The number of aryl methyl sites for hydroxylation is 1. The van der Waals surface area contributed by atoms with E-state index >= 15 is 0 Å². The van der Waals surface area contributed by atoms with Crippen molar-refractivity contribution in [3.63, 3.8) is 0 Å². The van der Waals surface area contributed by atoms with Crippen LogP contribution >= 0.6 is 15.9 Å². The van der Waals surface area contributed by atoms with E-state index in [9.17, 15) is 4.79 Å². The monoisotopic (exact) mass is 308 g/mol. The van der Waals surface area contributed by atoms with Gasteiger partial charge in [0.05, 0.1) is 5.69 Å². The second-order valence-corrected chi connectivity index (χ2v) is 4.78. The Hall–Kier alpha value is -1.62. The van der Waals surface area contributed by atoms with Crippen LogP contribution in [0, 0.1) is 6.92 Å². The van der Waals surface area contributed by atoms with Gasteiger partial charge in [-0.1, -0.05) is 39.3 Å². The highest BCUT2D eigenvalue weighted by Crippen LogP contribution is 2.15. The number of aromatic nitrogens is 1. The Morgan fingerprint density at radius 1 is 1.44 bits per heavy atom. The molecule has 18 heavy (non-hydrogen) atoms. The van der Waals surface area contributed by atoms with Crippen LogP contribution in [0.4, 0.5) is 0 Å². The minimum atomic E-state index is -0.234. The zero-order valence-electron chi connectivity index (χ0n) is 9.94. The van der Waals surface area contributed by atoms with Crippen LogP contribution in [-0.4, -0.2) is 17.6 Å². The fraction of sp³-hybridized carbons (Fsp3) is 0.231. The molecule has 0 saturated heterocycles. The maximum absolute atomic E-state index is 11.7. The first-order valence-corrected chi connectivity index (χ1v) is 6.41. The minimum absolute atomic E-state index is 0.234. The molecule has 2 rings (SSSR count). The average molecular weight is 309 g/mol. The van der Waals surface area contributed by atoms with Crippen LogP contribution in [0.2, 0.25) is 0 Å². The molecule has 1 amide bonds. The smallest absolute Gasteiger partial charge is 0.289 e. The standard InChI is InChI=1S/C13H13BrN2O2/c1-9-8-12(18-16-9)13(17)15-7-6-10-4-2-3-5-11(10)14/h2-5,8H,6-7H2,1H3,(H,15,17). The van der Waals surface area contributed by atoms with Crippen LogP contribution in [0.15, 0.2) is 39.3 Å². The molecule has 1 aromatic carbocycles. The maximum Gasteiger partial charge on any atom is 0.289 e. The van der Waals surface area contributed by atoms with Crippen molar-refractivity contribution in [2.24, 2.45) is 0 Å². The zero-order valence-corrected chi connectivity index (χ0v) is 11.5. The third kappa shape index (κ3) is 3.20. The molecule has 0 bridgehead atoms. The number of nitrogens with zero attached hydrogens (tertiary/aromatic N) is 1. The largest absolute Gasteiger partial charge is 0.351 e. The summed E-state index contributed by atoms with van der Waals surface area (Å²) >= 11 is 3.47. The summed E-state index contributed by atoms with van der Waals surface area (Å²) in [4.78, 5) is 11.7. The second-order valence-electron chi connectivity index (χ2n) is 3.93. The number of amides is 1. The van der Waals surface area contributed by atoms with E-state index in [4.69, 9.17) is 4.52 Å². The van der Waals surface area contributed by atoms with E-state index in [1.807, 2.05) is 24.3 Å². The molecule has 0 fully saturated rings. The summed E-state index contributed by atoms with van der Waals surface area (Å²) in [5.41, 5.74) is 1.86. The Bertz CT molecular complexity index is 551. The van der Waals surface area contributed by atoms with E-state index in [2.05, 4.69) is 26.4 Å². The van der Waals surface area contributed by atoms with Gasteiger partial charge < -0.3 is 9.84 Å². The van der Waals surface area contributed by atoms with Crippen molar-refractivity contribution in [3.05, 3.63) is 51.8 Å². The van der Waals surface area contributed by atoms with Gasteiger partial charge in [-0.2, -0.15) is 0 Å². The number of carbonyl (C=O) groups excluding carboxylic acids is 1. The molecule has 0 unspecified atom stereocenters. The Morgan fingerprint density at radius 2 is 2.22 bits per heavy atom. The summed E-state index contributed by atoms with van der Waals surface area (Å²) in [6.45, 7) is 2.34. The van der Waals surface area contributed by atoms with Gasteiger partial charge in [-0.25, -0.2) is 0 Å². The molecule has 2 aromatic rings. The van der Waals surface area contributed by atoms with Crippen molar-refractivity contribution in [1.82, 2.24) is 10.5 Å². The lowest BCUT2D eigenvalue weighted by Crippen LogP contribution is -2.25. The molecule has 0 atom stereocenters. The topological polar surface area (TPSA) is 55.1 Å². The third-order valence-corrected chi connectivity index (χ3v) is 3.26. The van der Waals surface area contributed by atoms with Gasteiger partial charge in [0.15, 0.2) is 0 Å². The second kappa shape index (κ2) is 5.82. The minimum Gasteiger partial charge on any atom is -0.351 e. The van der Waals surface area contributed by atoms with Gasteiger partial charge in [0.1, 0.15) is 0 Å². The fourth-order valence-electron chi connectivity index (χ4n) is 1.57. The molecule has 5 heteroatoms. The predicted molar refractivity (Wildman–Crippen MR) is 71.4 cm³/mol. The highest BCUT2D eigenvalue weighted by molar-refractivity contribution is 9.10. The first-order valence-electron chi connectivity index (χ1n) is 5.62. The summed E-state index contributed by atoms with van der Waals surface area (Å²) < 4.78 is 5.93. The first kappa shape index (κ1) is 12.8. The molecule has 4 nitrogen and oxygen atoms in total. The Kier molecular flexibility index (Phi) is 4.15. The van der Waals surface area contributed by atoms with Crippen molar-refractivity contribution in [2.75, 3.05) is 6.54 Å². The molecule has 0 saturated carbocycles. The predicted octanol–water partition coefficient (Wildman–Crippen LogP) is 2.72. The third-order valence-electron chi connectivity index (χ3n) is 2.49. The van der Waals surface area contributed by atoms with Gasteiger partial charge >= 0.3 is 0 Å². The summed E-state index contributed by atoms with van der Waals surface area (Å²) in [5, 5.41) is 6.47. The van der Waals surface area contributed by atoms with Crippen LogP contribution < -0.4 is 5.32 Å². The molecule has 0 radical (unpaired) electrons. The van der Waals surface area contributed by atoms with Gasteiger partial charge in [-0.15, -0.1) is 0 Å². The molecule has 1 aromatic heterocycles. The van der Waals surface area contributed by atoms with E-state index < -0.39 is 0 Å². The molecule has 1 N–H and O–H groups in total. The molecular weight excluding hydrogens is 296 g/mol. The average Bonchev–Trinajstić information content (AvgIpc) is 2.78. The lowest BCUT2D eigenvalue weighted by Gasteiger charge is -2.04. The summed E-state index contributed by atoms with van der Waals surface area (Å²) in [6.07, 6.45) is 0.764. The molecule has 0 aliphatic rings. The van der Waals surface area contributed by atoms with Crippen molar-refractivity contribution in [3.8, 4) is 0 Å². The van der Waals surface area contributed by atoms with Crippen LogP contribution in [0.25, 0.3) is 0 Å². The van der Waals surface area contributed by atoms with E-state index in [1.165, 1.54) is 0 Å². The van der Waals surface area contributed by atoms with Crippen molar-refractivity contribution >= 4 is 21.8 Å². The summed E-state index contributed by atoms with van der Waals surface area (Å²) in [5.74, 6) is 0.0160. The van der Waals surface area contributed by atoms with E-state index in [0.717, 1.165) is 16.5 Å². The number of benzene rings is 1.